The van der Waals surface area contributed by atoms with Gasteiger partial charge in [0.15, 0.2) is 0 Å². The van der Waals surface area contributed by atoms with Crippen molar-refractivity contribution < 1.29 is 36.3 Å². The molecular weight excluding hydrogens is 367 g/mol. The molecule has 0 aromatic heterocycles. The van der Waals surface area contributed by atoms with Crippen LogP contribution in [-0.4, -0.2) is 72.2 Å². The van der Waals surface area contributed by atoms with Gasteiger partial charge in [0, 0.05) is 13.1 Å². The minimum Gasteiger partial charge on any atom is -0.481 e. The standard InChI is InChI=1S/2C9H19NO2.Ni/c2*1-8(2)4-6-10(3)7-5-9(11)12;/h2*8H,4-7H2,1-3H3,(H,11,12);/q;;+2. The third-order valence-electron chi connectivity index (χ3n) is 3.59. The van der Waals surface area contributed by atoms with Crippen molar-refractivity contribution >= 4 is 11.9 Å². The van der Waals surface area contributed by atoms with Crippen LogP contribution in [0.4, 0.5) is 0 Å². The third kappa shape index (κ3) is 28.4. The minimum absolute atomic E-state index is 0. The van der Waals surface area contributed by atoms with Crippen molar-refractivity contribution in [2.24, 2.45) is 11.8 Å². The first-order valence-corrected chi connectivity index (χ1v) is 8.85. The Hall–Kier alpha value is -0.646. The second-order valence-electron chi connectivity index (χ2n) is 7.26. The molecule has 0 aromatic carbocycles. The Morgan fingerprint density at radius 3 is 1.20 bits per heavy atom. The summed E-state index contributed by atoms with van der Waals surface area (Å²) in [7, 11) is 3.93. The van der Waals surface area contributed by atoms with Crippen LogP contribution in [0.2, 0.25) is 0 Å². The molecule has 0 saturated heterocycles. The van der Waals surface area contributed by atoms with Gasteiger partial charge in [-0.1, -0.05) is 27.7 Å². The zero-order valence-electron chi connectivity index (χ0n) is 16.7. The molecule has 0 bridgehead atoms. The van der Waals surface area contributed by atoms with Crippen LogP contribution in [0, 0.1) is 11.8 Å². The number of aliphatic carboxylic acids is 2. The zero-order chi connectivity index (χ0) is 19.1. The number of carboxylic acid groups (broad SMARTS) is 2. The first kappa shape index (κ1) is 29.1. The number of nitrogens with zero attached hydrogens (tertiary/aromatic N) is 2. The van der Waals surface area contributed by atoms with Crippen LogP contribution in [0.3, 0.4) is 0 Å². The summed E-state index contributed by atoms with van der Waals surface area (Å²) in [5.41, 5.74) is 0. The summed E-state index contributed by atoms with van der Waals surface area (Å²) in [4.78, 5) is 24.6. The van der Waals surface area contributed by atoms with E-state index in [0.717, 1.165) is 25.9 Å². The van der Waals surface area contributed by atoms with Gasteiger partial charge < -0.3 is 20.0 Å². The Kier molecular flexibility index (Phi) is 21.2. The van der Waals surface area contributed by atoms with Crippen molar-refractivity contribution in [3.8, 4) is 0 Å². The first-order chi connectivity index (χ1) is 11.0. The molecule has 152 valence electrons. The van der Waals surface area contributed by atoms with E-state index in [1.807, 2.05) is 14.1 Å². The second kappa shape index (κ2) is 18.2. The summed E-state index contributed by atoms with van der Waals surface area (Å²) in [6.45, 7) is 12.0. The fourth-order valence-corrected chi connectivity index (χ4v) is 1.75. The van der Waals surface area contributed by atoms with Gasteiger partial charge in [0.05, 0.1) is 12.8 Å². The number of rotatable bonds is 12. The maximum Gasteiger partial charge on any atom is 2.00 e. The normalized spacial score (nSPS) is 10.6. The van der Waals surface area contributed by atoms with E-state index in [1.54, 1.807) is 0 Å². The van der Waals surface area contributed by atoms with E-state index in [1.165, 1.54) is 0 Å². The Bertz CT molecular complexity index is 307. The summed E-state index contributed by atoms with van der Waals surface area (Å²) in [5, 5.41) is 16.8. The van der Waals surface area contributed by atoms with Gasteiger partial charge in [0.2, 0.25) is 0 Å². The van der Waals surface area contributed by atoms with Gasteiger partial charge in [-0.2, -0.15) is 0 Å². The van der Waals surface area contributed by atoms with Crippen LogP contribution in [0.5, 0.6) is 0 Å². The van der Waals surface area contributed by atoms with Gasteiger partial charge in [-0.15, -0.1) is 0 Å². The van der Waals surface area contributed by atoms with Gasteiger partial charge in [-0.05, 0) is 51.9 Å². The fraction of sp³-hybridized carbons (Fsp3) is 0.889. The Morgan fingerprint density at radius 2 is 1.00 bits per heavy atom. The molecule has 0 atom stereocenters. The quantitative estimate of drug-likeness (QED) is 0.486. The molecule has 0 heterocycles. The van der Waals surface area contributed by atoms with E-state index >= 15 is 0 Å². The summed E-state index contributed by atoms with van der Waals surface area (Å²) >= 11 is 0. The van der Waals surface area contributed by atoms with Gasteiger partial charge in [-0.3, -0.25) is 9.59 Å². The summed E-state index contributed by atoms with van der Waals surface area (Å²) in [6, 6.07) is 0. The summed E-state index contributed by atoms with van der Waals surface area (Å²) in [6.07, 6.45) is 2.76. The van der Waals surface area contributed by atoms with Gasteiger partial charge in [-0.25, -0.2) is 0 Å². The maximum absolute atomic E-state index is 10.2. The van der Waals surface area contributed by atoms with E-state index in [0.29, 0.717) is 24.9 Å². The van der Waals surface area contributed by atoms with E-state index in [2.05, 4.69) is 37.5 Å². The number of hydrogen-bond acceptors (Lipinski definition) is 4. The predicted octanol–water partition coefficient (Wildman–Crippen LogP) is 2.88. The molecule has 0 spiro atoms. The van der Waals surface area contributed by atoms with Crippen LogP contribution in [0.1, 0.15) is 53.4 Å². The van der Waals surface area contributed by atoms with Crippen LogP contribution in [0.25, 0.3) is 0 Å². The molecule has 0 aliphatic carbocycles. The second-order valence-corrected chi connectivity index (χ2v) is 7.26. The summed E-state index contributed by atoms with van der Waals surface area (Å²) < 4.78 is 0. The molecule has 0 amide bonds. The van der Waals surface area contributed by atoms with Crippen molar-refractivity contribution in [1.82, 2.24) is 9.80 Å². The van der Waals surface area contributed by atoms with Crippen molar-refractivity contribution in [2.75, 3.05) is 40.3 Å². The monoisotopic (exact) mass is 404 g/mol. The molecule has 7 heteroatoms. The Labute approximate surface area is 163 Å². The van der Waals surface area contributed by atoms with Crippen molar-refractivity contribution in [3.05, 3.63) is 0 Å². The molecule has 25 heavy (non-hydrogen) atoms. The first-order valence-electron chi connectivity index (χ1n) is 8.85. The van der Waals surface area contributed by atoms with E-state index in [-0.39, 0.29) is 29.3 Å². The molecule has 0 saturated carbocycles. The van der Waals surface area contributed by atoms with Crippen molar-refractivity contribution in [1.29, 1.82) is 0 Å². The van der Waals surface area contributed by atoms with E-state index in [9.17, 15) is 9.59 Å². The Morgan fingerprint density at radius 1 is 0.720 bits per heavy atom. The van der Waals surface area contributed by atoms with Crippen molar-refractivity contribution in [3.63, 3.8) is 0 Å². The number of hydrogen-bond donors (Lipinski definition) is 2. The largest absolute Gasteiger partial charge is 2.00 e. The molecule has 0 fully saturated rings. The third-order valence-corrected chi connectivity index (χ3v) is 3.59. The minimum atomic E-state index is -0.716. The SMILES string of the molecule is CC(C)CCN(C)CCC(=O)O.CC(C)CCN(C)CCC(=O)O.[Ni+2]. The molecule has 2 N–H and O–H groups in total. The van der Waals surface area contributed by atoms with Gasteiger partial charge in [0.25, 0.3) is 0 Å². The van der Waals surface area contributed by atoms with Crippen LogP contribution in [-0.2, 0) is 26.1 Å². The van der Waals surface area contributed by atoms with Gasteiger partial charge in [0.1, 0.15) is 0 Å². The fourth-order valence-electron chi connectivity index (χ4n) is 1.75. The Balaban J connectivity index is -0.000000372. The average Bonchev–Trinajstić information content (AvgIpc) is 2.47. The van der Waals surface area contributed by atoms with E-state index < -0.39 is 11.9 Å². The van der Waals surface area contributed by atoms with Crippen LogP contribution in [0.15, 0.2) is 0 Å². The molecule has 6 nitrogen and oxygen atoms in total. The molecule has 0 rings (SSSR count). The smallest absolute Gasteiger partial charge is 0.481 e. The van der Waals surface area contributed by atoms with Gasteiger partial charge >= 0.3 is 28.4 Å². The van der Waals surface area contributed by atoms with Crippen LogP contribution >= 0.6 is 0 Å². The molecule has 0 radical (unpaired) electrons. The molecular formula is C18H38N2NiO4+2. The molecule has 0 unspecified atom stereocenters. The number of carbonyl (C=O) groups is 2. The van der Waals surface area contributed by atoms with Crippen LogP contribution < -0.4 is 0 Å². The predicted molar refractivity (Wildman–Crippen MR) is 98.4 cm³/mol. The zero-order valence-corrected chi connectivity index (χ0v) is 17.7. The topological polar surface area (TPSA) is 81.1 Å². The molecule has 0 aliphatic heterocycles. The molecule has 0 aromatic rings. The summed E-state index contributed by atoms with van der Waals surface area (Å²) in [5.74, 6) is -0.0487. The maximum atomic E-state index is 10.2. The molecule has 0 aliphatic rings. The van der Waals surface area contributed by atoms with E-state index in [4.69, 9.17) is 10.2 Å². The number of carboxylic acids is 2. The average molecular weight is 405 g/mol. The van der Waals surface area contributed by atoms with Crippen molar-refractivity contribution in [2.45, 2.75) is 53.4 Å².